The molecule has 3 heteroatoms. The summed E-state index contributed by atoms with van der Waals surface area (Å²) in [6.07, 6.45) is 2.58. The first-order valence-electron chi connectivity index (χ1n) is 3.65. The second-order valence-electron chi connectivity index (χ2n) is 3.30. The predicted octanol–water partition coefficient (Wildman–Crippen LogP) is 0.793. The molecule has 10 heavy (non-hydrogen) atoms. The van der Waals surface area contributed by atoms with E-state index >= 15 is 0 Å². The third-order valence-electron chi connectivity index (χ3n) is 2.78. The van der Waals surface area contributed by atoms with Crippen LogP contribution in [0.1, 0.15) is 12.8 Å². The van der Waals surface area contributed by atoms with E-state index in [4.69, 9.17) is 10.5 Å². The van der Waals surface area contributed by atoms with E-state index in [1.807, 2.05) is 0 Å². The summed E-state index contributed by atoms with van der Waals surface area (Å²) in [5.41, 5.74) is 6.10. The fraction of sp³-hybridized carbons (Fsp3) is 1.00. The van der Waals surface area contributed by atoms with E-state index in [-0.39, 0.29) is 12.4 Å². The van der Waals surface area contributed by atoms with Crippen LogP contribution in [0.15, 0.2) is 0 Å². The highest BCUT2D eigenvalue weighted by Crippen LogP contribution is 2.57. The first-order chi connectivity index (χ1) is 4.37. The molecule has 0 bridgehead atoms. The summed E-state index contributed by atoms with van der Waals surface area (Å²) in [6, 6.07) is 0. The van der Waals surface area contributed by atoms with E-state index in [1.165, 1.54) is 12.8 Å². The van der Waals surface area contributed by atoms with Crippen molar-refractivity contribution < 1.29 is 4.74 Å². The van der Waals surface area contributed by atoms with Crippen LogP contribution in [0.2, 0.25) is 0 Å². The van der Waals surface area contributed by atoms with E-state index in [0.29, 0.717) is 5.41 Å². The standard InChI is InChI=1S/C7H13NO.ClH/c8-4-6-3-7(6)1-2-9-5-7;/h6H,1-5,8H2;1H. The molecule has 2 atom stereocenters. The quantitative estimate of drug-likeness (QED) is 0.621. The Bertz CT molecular complexity index is 123. The molecule has 2 nitrogen and oxygen atoms in total. The van der Waals surface area contributed by atoms with Gasteiger partial charge in [-0.25, -0.2) is 0 Å². The molecular formula is C7H14ClNO. The van der Waals surface area contributed by atoms with Gasteiger partial charge in [0.1, 0.15) is 0 Å². The molecule has 0 aromatic rings. The third-order valence-corrected chi connectivity index (χ3v) is 2.78. The fourth-order valence-corrected chi connectivity index (χ4v) is 1.87. The fourth-order valence-electron chi connectivity index (χ4n) is 1.87. The zero-order valence-corrected chi connectivity index (χ0v) is 6.82. The van der Waals surface area contributed by atoms with Crippen molar-refractivity contribution in [3.8, 4) is 0 Å². The van der Waals surface area contributed by atoms with E-state index in [9.17, 15) is 0 Å². The number of hydrogen-bond acceptors (Lipinski definition) is 2. The van der Waals surface area contributed by atoms with Crippen molar-refractivity contribution in [2.45, 2.75) is 12.8 Å². The highest BCUT2D eigenvalue weighted by Gasteiger charge is 2.54. The van der Waals surface area contributed by atoms with Crippen LogP contribution in [0.4, 0.5) is 0 Å². The summed E-state index contributed by atoms with van der Waals surface area (Å²) < 4.78 is 5.30. The predicted molar refractivity (Wildman–Crippen MR) is 42.3 cm³/mol. The Morgan fingerprint density at radius 2 is 2.40 bits per heavy atom. The molecule has 1 spiro atoms. The molecule has 1 aliphatic carbocycles. The summed E-state index contributed by atoms with van der Waals surface area (Å²) in [4.78, 5) is 0. The largest absolute Gasteiger partial charge is 0.381 e. The van der Waals surface area contributed by atoms with Gasteiger partial charge < -0.3 is 10.5 Å². The average molecular weight is 164 g/mol. The van der Waals surface area contributed by atoms with Crippen molar-refractivity contribution in [2.24, 2.45) is 17.1 Å². The van der Waals surface area contributed by atoms with Gasteiger partial charge in [-0.3, -0.25) is 0 Å². The third kappa shape index (κ3) is 1.04. The van der Waals surface area contributed by atoms with Gasteiger partial charge >= 0.3 is 0 Å². The molecular weight excluding hydrogens is 150 g/mol. The monoisotopic (exact) mass is 163 g/mol. The minimum atomic E-state index is 0. The zero-order chi connectivity index (χ0) is 6.32. The molecule has 2 rings (SSSR count). The van der Waals surface area contributed by atoms with Gasteiger partial charge in [0.25, 0.3) is 0 Å². The number of nitrogens with two attached hydrogens (primary N) is 1. The molecule has 2 N–H and O–H groups in total. The second-order valence-corrected chi connectivity index (χ2v) is 3.30. The summed E-state index contributed by atoms with van der Waals surface area (Å²) in [6.45, 7) is 2.81. The molecule has 2 unspecified atom stereocenters. The topological polar surface area (TPSA) is 35.2 Å². The SMILES string of the molecule is Cl.NCC1CC12CCOC2. The van der Waals surface area contributed by atoms with Crippen LogP contribution in [0, 0.1) is 11.3 Å². The van der Waals surface area contributed by atoms with E-state index in [1.54, 1.807) is 0 Å². The molecule has 0 radical (unpaired) electrons. The highest BCUT2D eigenvalue weighted by molar-refractivity contribution is 5.85. The second kappa shape index (κ2) is 2.68. The molecule has 0 aromatic heterocycles. The van der Waals surface area contributed by atoms with Crippen molar-refractivity contribution in [1.82, 2.24) is 0 Å². The van der Waals surface area contributed by atoms with Crippen LogP contribution in [0.5, 0.6) is 0 Å². The van der Waals surface area contributed by atoms with Crippen LogP contribution in [0.25, 0.3) is 0 Å². The molecule has 2 aliphatic rings. The van der Waals surface area contributed by atoms with Crippen molar-refractivity contribution in [3.63, 3.8) is 0 Å². The lowest BCUT2D eigenvalue weighted by atomic mass is 10.0. The van der Waals surface area contributed by atoms with E-state index < -0.39 is 0 Å². The molecule has 0 amide bonds. The van der Waals surface area contributed by atoms with Gasteiger partial charge in [0.2, 0.25) is 0 Å². The maximum absolute atomic E-state index is 5.53. The van der Waals surface area contributed by atoms with Gasteiger partial charge in [-0.1, -0.05) is 0 Å². The Balaban J connectivity index is 0.000000500. The van der Waals surface area contributed by atoms with Crippen LogP contribution >= 0.6 is 12.4 Å². The van der Waals surface area contributed by atoms with E-state index in [0.717, 1.165) is 25.7 Å². The van der Waals surface area contributed by atoms with Gasteiger partial charge in [-0.05, 0) is 25.3 Å². The maximum Gasteiger partial charge on any atom is 0.0526 e. The molecule has 1 heterocycles. The first-order valence-corrected chi connectivity index (χ1v) is 3.65. The number of rotatable bonds is 1. The van der Waals surface area contributed by atoms with Gasteiger partial charge in [0, 0.05) is 12.0 Å². The molecule has 1 saturated heterocycles. The molecule has 2 fully saturated rings. The minimum absolute atomic E-state index is 0. The molecule has 60 valence electrons. The van der Waals surface area contributed by atoms with Gasteiger partial charge in [-0.2, -0.15) is 0 Å². The van der Waals surface area contributed by atoms with Gasteiger partial charge in [0.15, 0.2) is 0 Å². The van der Waals surface area contributed by atoms with Crippen molar-refractivity contribution in [3.05, 3.63) is 0 Å². The van der Waals surface area contributed by atoms with Crippen LogP contribution in [0.3, 0.4) is 0 Å². The first kappa shape index (κ1) is 8.31. The smallest absolute Gasteiger partial charge is 0.0526 e. The average Bonchev–Trinajstić information content (AvgIpc) is 2.30. The summed E-state index contributed by atoms with van der Waals surface area (Å²) in [7, 11) is 0. The Kier molecular flexibility index (Phi) is 2.23. The summed E-state index contributed by atoms with van der Waals surface area (Å²) >= 11 is 0. The van der Waals surface area contributed by atoms with Crippen molar-refractivity contribution in [2.75, 3.05) is 19.8 Å². The summed E-state index contributed by atoms with van der Waals surface area (Å²) in [5.74, 6) is 0.792. The summed E-state index contributed by atoms with van der Waals surface area (Å²) in [5, 5.41) is 0. The van der Waals surface area contributed by atoms with Crippen molar-refractivity contribution >= 4 is 12.4 Å². The maximum atomic E-state index is 5.53. The normalized spacial score (nSPS) is 43.5. The Morgan fingerprint density at radius 3 is 2.80 bits per heavy atom. The highest BCUT2D eigenvalue weighted by atomic mass is 35.5. The van der Waals surface area contributed by atoms with Crippen LogP contribution in [-0.2, 0) is 4.74 Å². The Labute approximate surface area is 67.5 Å². The lowest BCUT2D eigenvalue weighted by Crippen LogP contribution is -2.10. The van der Waals surface area contributed by atoms with Crippen molar-refractivity contribution in [1.29, 1.82) is 0 Å². The number of halogens is 1. The lowest BCUT2D eigenvalue weighted by Gasteiger charge is -2.01. The van der Waals surface area contributed by atoms with E-state index in [2.05, 4.69) is 0 Å². The number of hydrogen-bond donors (Lipinski definition) is 1. The molecule has 0 aromatic carbocycles. The van der Waals surface area contributed by atoms with Gasteiger partial charge in [0.05, 0.1) is 6.61 Å². The Hall–Kier alpha value is 0.210. The number of ether oxygens (including phenoxy) is 1. The molecule has 1 saturated carbocycles. The van der Waals surface area contributed by atoms with Crippen LogP contribution < -0.4 is 5.73 Å². The minimum Gasteiger partial charge on any atom is -0.381 e. The Morgan fingerprint density at radius 1 is 1.60 bits per heavy atom. The molecule has 1 aliphatic heterocycles. The zero-order valence-electron chi connectivity index (χ0n) is 6.01. The van der Waals surface area contributed by atoms with Gasteiger partial charge in [-0.15, -0.1) is 12.4 Å². The lowest BCUT2D eigenvalue weighted by molar-refractivity contribution is 0.179. The van der Waals surface area contributed by atoms with Crippen LogP contribution in [-0.4, -0.2) is 19.8 Å².